The fraction of sp³-hybridized carbons (Fsp3) is 0.529. The largest absolute Gasteiger partial charge is 0.467 e. The Hall–Kier alpha value is -1.93. The lowest BCUT2D eigenvalue weighted by Gasteiger charge is -2.33. The maximum atomic E-state index is 12.7. The lowest BCUT2D eigenvalue weighted by molar-refractivity contribution is -0.147. The van der Waals surface area contributed by atoms with Gasteiger partial charge in [-0.2, -0.15) is 0 Å². The fourth-order valence-electron chi connectivity index (χ4n) is 2.88. The van der Waals surface area contributed by atoms with Crippen LogP contribution in [0, 0.1) is 0 Å². The molecule has 0 aliphatic carbocycles. The fourth-order valence-corrected chi connectivity index (χ4v) is 4.13. The average molecular weight is 368 g/mol. The van der Waals surface area contributed by atoms with Gasteiger partial charge in [0.1, 0.15) is 6.04 Å². The van der Waals surface area contributed by atoms with Crippen LogP contribution >= 0.6 is 0 Å². The topological polar surface area (TPSA) is 92.8 Å². The highest BCUT2D eigenvalue weighted by atomic mass is 32.2. The Morgan fingerprint density at radius 2 is 1.84 bits per heavy atom. The second kappa shape index (κ2) is 7.97. The number of carbonyl (C=O) groups is 2. The molecule has 1 aromatic rings. The van der Waals surface area contributed by atoms with Gasteiger partial charge in [0.15, 0.2) is 0 Å². The number of nitrogens with one attached hydrogen (secondary N) is 1. The highest BCUT2D eigenvalue weighted by Gasteiger charge is 2.33. The molecule has 1 aromatic carbocycles. The van der Waals surface area contributed by atoms with E-state index in [4.69, 9.17) is 4.74 Å². The molecule has 0 radical (unpaired) electrons. The van der Waals surface area contributed by atoms with Crippen molar-refractivity contribution in [3.63, 3.8) is 0 Å². The van der Waals surface area contributed by atoms with Crippen molar-refractivity contribution in [1.82, 2.24) is 9.62 Å². The van der Waals surface area contributed by atoms with Crippen LogP contribution < -0.4 is 4.72 Å². The summed E-state index contributed by atoms with van der Waals surface area (Å²) in [5, 5.41) is 0. The van der Waals surface area contributed by atoms with Crippen LogP contribution in [0.25, 0.3) is 0 Å². The normalized spacial score (nSPS) is 18.2. The number of esters is 1. The first-order valence-corrected chi connectivity index (χ1v) is 9.76. The third-order valence-electron chi connectivity index (χ3n) is 4.04. The monoisotopic (exact) mass is 368 g/mol. The van der Waals surface area contributed by atoms with Crippen LogP contribution in [0.2, 0.25) is 0 Å². The molecule has 1 aliphatic heterocycles. The zero-order valence-electron chi connectivity index (χ0n) is 14.7. The Morgan fingerprint density at radius 1 is 1.20 bits per heavy atom. The Labute approximate surface area is 148 Å². The standard InChI is InChI=1S/C17H24N2O5S/c1-12(2)18-25(22,23)14-9-7-13(8-10-14)16(20)19-11-5-4-6-15(19)17(21)24-3/h7-10,12,15,18H,4-6,11H2,1-3H3/t15-/m1/s1. The average Bonchev–Trinajstić information content (AvgIpc) is 2.59. The molecule has 1 saturated heterocycles. The summed E-state index contributed by atoms with van der Waals surface area (Å²) >= 11 is 0. The molecule has 1 atom stereocenters. The molecule has 2 rings (SSSR count). The van der Waals surface area contributed by atoms with Crippen molar-refractivity contribution in [3.8, 4) is 0 Å². The predicted molar refractivity (Wildman–Crippen MR) is 92.6 cm³/mol. The van der Waals surface area contributed by atoms with Crippen LogP contribution in [0.15, 0.2) is 29.2 Å². The molecule has 8 heteroatoms. The van der Waals surface area contributed by atoms with Gasteiger partial charge in [-0.1, -0.05) is 0 Å². The summed E-state index contributed by atoms with van der Waals surface area (Å²) in [4.78, 5) is 26.2. The molecule has 138 valence electrons. The minimum absolute atomic E-state index is 0.0981. The number of piperidine rings is 1. The lowest BCUT2D eigenvalue weighted by atomic mass is 10.0. The van der Waals surface area contributed by atoms with Crippen molar-refractivity contribution >= 4 is 21.9 Å². The van der Waals surface area contributed by atoms with Crippen molar-refractivity contribution in [2.75, 3.05) is 13.7 Å². The Balaban J connectivity index is 2.21. The molecule has 0 bridgehead atoms. The number of methoxy groups -OCH3 is 1. The molecule has 1 heterocycles. The predicted octanol–water partition coefficient (Wildman–Crippen LogP) is 1.54. The minimum Gasteiger partial charge on any atom is -0.467 e. The molecule has 1 aliphatic rings. The Kier molecular flexibility index (Phi) is 6.18. The van der Waals surface area contributed by atoms with Crippen LogP contribution in [0.5, 0.6) is 0 Å². The summed E-state index contributed by atoms with van der Waals surface area (Å²) in [6.07, 6.45) is 2.26. The summed E-state index contributed by atoms with van der Waals surface area (Å²) in [6, 6.07) is 4.93. The molecule has 0 aromatic heterocycles. The highest BCUT2D eigenvalue weighted by molar-refractivity contribution is 7.89. The summed E-state index contributed by atoms with van der Waals surface area (Å²) in [5.41, 5.74) is 0.347. The molecule has 1 fully saturated rings. The number of sulfonamides is 1. The van der Waals surface area contributed by atoms with E-state index in [1.54, 1.807) is 13.8 Å². The van der Waals surface area contributed by atoms with Crippen molar-refractivity contribution in [2.24, 2.45) is 0 Å². The second-order valence-electron chi connectivity index (χ2n) is 6.33. The minimum atomic E-state index is -3.60. The van der Waals surface area contributed by atoms with Crippen molar-refractivity contribution in [3.05, 3.63) is 29.8 Å². The first-order chi connectivity index (χ1) is 11.8. The number of benzene rings is 1. The maximum absolute atomic E-state index is 12.7. The van der Waals surface area contributed by atoms with Gasteiger partial charge >= 0.3 is 5.97 Å². The van der Waals surface area contributed by atoms with Crippen molar-refractivity contribution in [1.29, 1.82) is 0 Å². The molecular formula is C17H24N2O5S. The zero-order valence-corrected chi connectivity index (χ0v) is 15.5. The van der Waals surface area contributed by atoms with Crippen molar-refractivity contribution in [2.45, 2.75) is 50.1 Å². The van der Waals surface area contributed by atoms with E-state index >= 15 is 0 Å². The Bertz CT molecular complexity index is 728. The first kappa shape index (κ1) is 19.4. The van der Waals surface area contributed by atoms with E-state index in [1.807, 2.05) is 0 Å². The molecule has 1 amide bonds. The number of ether oxygens (including phenoxy) is 1. The van der Waals surface area contributed by atoms with Gasteiger partial charge in [-0.05, 0) is 57.4 Å². The molecular weight excluding hydrogens is 344 g/mol. The van der Waals surface area contributed by atoms with E-state index in [2.05, 4.69) is 4.72 Å². The number of likely N-dealkylation sites (tertiary alicyclic amines) is 1. The number of carbonyl (C=O) groups excluding carboxylic acids is 2. The van der Waals surface area contributed by atoms with E-state index in [9.17, 15) is 18.0 Å². The highest BCUT2D eigenvalue weighted by Crippen LogP contribution is 2.21. The first-order valence-electron chi connectivity index (χ1n) is 8.27. The zero-order chi connectivity index (χ0) is 18.6. The van der Waals surface area contributed by atoms with Crippen LogP contribution in [-0.4, -0.2) is 50.9 Å². The number of amides is 1. The van der Waals surface area contributed by atoms with Crippen LogP contribution in [0.3, 0.4) is 0 Å². The molecule has 1 N–H and O–H groups in total. The number of hydrogen-bond donors (Lipinski definition) is 1. The van der Waals surface area contributed by atoms with Gasteiger partial charge < -0.3 is 9.64 Å². The third kappa shape index (κ3) is 4.58. The van der Waals surface area contributed by atoms with Gasteiger partial charge in [0.2, 0.25) is 10.0 Å². The van der Waals surface area contributed by atoms with Gasteiger partial charge in [0, 0.05) is 18.2 Å². The second-order valence-corrected chi connectivity index (χ2v) is 8.05. The molecule has 0 unspecified atom stereocenters. The van der Waals surface area contributed by atoms with Crippen LogP contribution in [-0.2, 0) is 19.6 Å². The lowest BCUT2D eigenvalue weighted by Crippen LogP contribution is -2.48. The number of nitrogens with zero attached hydrogens (tertiary/aromatic N) is 1. The van der Waals surface area contributed by atoms with E-state index in [0.29, 0.717) is 18.5 Å². The van der Waals surface area contributed by atoms with Gasteiger partial charge in [-0.25, -0.2) is 17.9 Å². The summed E-state index contributed by atoms with van der Waals surface area (Å²) < 4.78 is 31.6. The molecule has 0 spiro atoms. The van der Waals surface area contributed by atoms with Crippen molar-refractivity contribution < 1.29 is 22.7 Å². The molecule has 0 saturated carbocycles. The SMILES string of the molecule is COC(=O)[C@H]1CCCCN1C(=O)c1ccc(S(=O)(=O)NC(C)C)cc1. The quantitative estimate of drug-likeness (QED) is 0.796. The van der Waals surface area contributed by atoms with Gasteiger partial charge in [0.05, 0.1) is 12.0 Å². The van der Waals surface area contributed by atoms with Gasteiger partial charge in [-0.15, -0.1) is 0 Å². The van der Waals surface area contributed by atoms with Crippen LogP contribution in [0.4, 0.5) is 0 Å². The Morgan fingerprint density at radius 3 is 2.40 bits per heavy atom. The van der Waals surface area contributed by atoms with E-state index in [1.165, 1.54) is 36.3 Å². The smallest absolute Gasteiger partial charge is 0.328 e. The van der Waals surface area contributed by atoms with Crippen LogP contribution in [0.1, 0.15) is 43.5 Å². The van der Waals surface area contributed by atoms with E-state index < -0.39 is 22.0 Å². The number of hydrogen-bond acceptors (Lipinski definition) is 5. The summed E-state index contributed by atoms with van der Waals surface area (Å²) in [7, 11) is -2.30. The maximum Gasteiger partial charge on any atom is 0.328 e. The molecule has 25 heavy (non-hydrogen) atoms. The summed E-state index contributed by atoms with van der Waals surface area (Å²) in [6.45, 7) is 3.95. The summed E-state index contributed by atoms with van der Waals surface area (Å²) in [5.74, 6) is -0.718. The van der Waals surface area contributed by atoms with Gasteiger partial charge in [0.25, 0.3) is 5.91 Å². The van der Waals surface area contributed by atoms with E-state index in [0.717, 1.165) is 12.8 Å². The third-order valence-corrected chi connectivity index (χ3v) is 5.71. The number of rotatable bonds is 5. The van der Waals surface area contributed by atoms with Gasteiger partial charge in [-0.3, -0.25) is 4.79 Å². The molecule has 7 nitrogen and oxygen atoms in total. The van der Waals surface area contributed by atoms with E-state index in [-0.39, 0.29) is 16.8 Å².